The Morgan fingerprint density at radius 3 is 2.57 bits per heavy atom. The molecular formula is C22H19ClN4O. The van der Waals surface area contributed by atoms with E-state index < -0.39 is 0 Å². The minimum absolute atomic E-state index is 0.218. The summed E-state index contributed by atoms with van der Waals surface area (Å²) >= 11 is 6.29. The maximum Gasteiger partial charge on any atom is 0.259 e. The molecule has 0 unspecified atom stereocenters. The highest BCUT2D eigenvalue weighted by molar-refractivity contribution is 6.33. The Morgan fingerprint density at radius 2 is 1.82 bits per heavy atom. The zero-order valence-electron chi connectivity index (χ0n) is 15.8. The van der Waals surface area contributed by atoms with Crippen LogP contribution in [0.4, 0.5) is 5.69 Å². The number of nitrogens with one attached hydrogen (secondary N) is 1. The van der Waals surface area contributed by atoms with Gasteiger partial charge < -0.3 is 5.32 Å². The molecule has 0 saturated carbocycles. The smallest absolute Gasteiger partial charge is 0.259 e. The van der Waals surface area contributed by atoms with Gasteiger partial charge in [-0.3, -0.25) is 4.79 Å². The van der Waals surface area contributed by atoms with Crippen molar-refractivity contribution in [2.45, 2.75) is 20.8 Å². The van der Waals surface area contributed by atoms with Gasteiger partial charge in [0.05, 0.1) is 22.0 Å². The first kappa shape index (κ1) is 18.2. The summed E-state index contributed by atoms with van der Waals surface area (Å²) in [6, 6.07) is 15.2. The van der Waals surface area contributed by atoms with Crippen molar-refractivity contribution in [3.8, 4) is 11.3 Å². The van der Waals surface area contributed by atoms with E-state index in [4.69, 9.17) is 11.6 Å². The van der Waals surface area contributed by atoms with Crippen LogP contribution in [-0.2, 0) is 0 Å². The predicted octanol–water partition coefficient (Wildman–Crippen LogP) is 5.23. The van der Waals surface area contributed by atoms with Gasteiger partial charge in [-0.1, -0.05) is 35.9 Å². The predicted molar refractivity (Wildman–Crippen MR) is 112 cm³/mol. The van der Waals surface area contributed by atoms with Gasteiger partial charge in [-0.25, -0.2) is 9.50 Å². The average molecular weight is 391 g/mol. The molecule has 4 aromatic rings. The summed E-state index contributed by atoms with van der Waals surface area (Å²) in [6.45, 7) is 5.91. The van der Waals surface area contributed by atoms with Crippen LogP contribution < -0.4 is 5.32 Å². The maximum absolute atomic E-state index is 12.8. The molecule has 28 heavy (non-hydrogen) atoms. The fraction of sp³-hybridized carbons (Fsp3) is 0.136. The lowest BCUT2D eigenvalue weighted by Crippen LogP contribution is -2.16. The largest absolute Gasteiger partial charge is 0.322 e. The molecule has 0 aliphatic carbocycles. The van der Waals surface area contributed by atoms with E-state index in [2.05, 4.69) is 15.4 Å². The van der Waals surface area contributed by atoms with Crippen molar-refractivity contribution >= 4 is 28.8 Å². The number of aryl methyl sites for hydroxylation is 3. The van der Waals surface area contributed by atoms with E-state index in [1.807, 2.05) is 69.3 Å². The van der Waals surface area contributed by atoms with Crippen LogP contribution >= 0.6 is 11.6 Å². The van der Waals surface area contributed by atoms with Gasteiger partial charge >= 0.3 is 0 Å². The van der Waals surface area contributed by atoms with Crippen molar-refractivity contribution in [2.75, 3.05) is 5.32 Å². The lowest BCUT2D eigenvalue weighted by molar-refractivity contribution is 0.102. The number of carbonyl (C=O) groups excluding carboxylic acids is 1. The third-order valence-electron chi connectivity index (χ3n) is 4.88. The molecule has 0 spiro atoms. The Bertz CT molecular complexity index is 1210. The molecular weight excluding hydrogens is 372 g/mol. The van der Waals surface area contributed by atoms with Crippen LogP contribution in [0.1, 0.15) is 27.2 Å². The molecule has 2 aromatic carbocycles. The summed E-state index contributed by atoms with van der Waals surface area (Å²) in [5.41, 5.74) is 6.45. The fourth-order valence-corrected chi connectivity index (χ4v) is 3.32. The lowest BCUT2D eigenvalue weighted by atomic mass is 10.1. The Morgan fingerprint density at radius 1 is 1.04 bits per heavy atom. The minimum Gasteiger partial charge on any atom is -0.322 e. The molecule has 0 radical (unpaired) electrons. The number of fused-ring (bicyclic) bond motifs is 1. The van der Waals surface area contributed by atoms with Crippen molar-refractivity contribution < 1.29 is 4.79 Å². The van der Waals surface area contributed by atoms with Crippen molar-refractivity contribution in [2.24, 2.45) is 0 Å². The number of carbonyl (C=O) groups is 1. The van der Waals surface area contributed by atoms with Gasteiger partial charge in [0.1, 0.15) is 0 Å². The summed E-state index contributed by atoms with van der Waals surface area (Å²) in [6.07, 6.45) is 1.58. The zero-order chi connectivity index (χ0) is 19.8. The van der Waals surface area contributed by atoms with E-state index >= 15 is 0 Å². The van der Waals surface area contributed by atoms with Crippen molar-refractivity contribution in [1.29, 1.82) is 0 Å². The monoisotopic (exact) mass is 390 g/mol. The van der Waals surface area contributed by atoms with Crippen molar-refractivity contribution in [1.82, 2.24) is 14.6 Å². The van der Waals surface area contributed by atoms with Gasteiger partial charge in [0.15, 0.2) is 5.65 Å². The molecule has 1 N–H and O–H groups in total. The standard InChI is InChI=1S/C22H19ClN4O/c1-13-8-9-16(10-14(13)2)25-22(28)18-12-24-21-11-20(26-27(21)15(18)3)17-6-4-5-7-19(17)23/h4-12H,1-3H3,(H,25,28). The molecule has 140 valence electrons. The summed E-state index contributed by atoms with van der Waals surface area (Å²) < 4.78 is 1.67. The number of hydrogen-bond donors (Lipinski definition) is 1. The molecule has 2 heterocycles. The molecule has 1 amide bonds. The Kier molecular flexibility index (Phi) is 4.61. The Balaban J connectivity index is 1.70. The van der Waals surface area contributed by atoms with E-state index in [9.17, 15) is 4.79 Å². The number of aromatic nitrogens is 3. The van der Waals surface area contributed by atoms with Gasteiger partial charge in [0.25, 0.3) is 5.91 Å². The second-order valence-electron chi connectivity index (χ2n) is 6.79. The molecule has 0 aliphatic heterocycles. The van der Waals surface area contributed by atoms with Gasteiger partial charge in [-0.15, -0.1) is 0 Å². The maximum atomic E-state index is 12.8. The SMILES string of the molecule is Cc1ccc(NC(=O)c2cnc3cc(-c4ccccc4Cl)nn3c2C)cc1C. The molecule has 4 rings (SSSR count). The third-order valence-corrected chi connectivity index (χ3v) is 5.21. The van der Waals surface area contributed by atoms with Crippen LogP contribution in [0.2, 0.25) is 5.02 Å². The lowest BCUT2D eigenvalue weighted by Gasteiger charge is -2.10. The average Bonchev–Trinajstić information content (AvgIpc) is 3.10. The first-order valence-corrected chi connectivity index (χ1v) is 9.31. The molecule has 0 saturated heterocycles. The highest BCUT2D eigenvalue weighted by Gasteiger charge is 2.16. The number of anilines is 1. The third kappa shape index (κ3) is 3.25. The summed E-state index contributed by atoms with van der Waals surface area (Å²) in [4.78, 5) is 17.2. The molecule has 0 bridgehead atoms. The van der Waals surface area contributed by atoms with E-state index in [-0.39, 0.29) is 5.91 Å². The van der Waals surface area contributed by atoms with E-state index in [1.54, 1.807) is 10.7 Å². The Labute approximate surface area is 168 Å². The number of rotatable bonds is 3. The number of nitrogens with zero attached hydrogens (tertiary/aromatic N) is 3. The topological polar surface area (TPSA) is 59.3 Å². The van der Waals surface area contributed by atoms with E-state index in [0.717, 1.165) is 16.8 Å². The molecule has 5 nitrogen and oxygen atoms in total. The first-order valence-electron chi connectivity index (χ1n) is 8.93. The van der Waals surface area contributed by atoms with Crippen LogP contribution in [0.5, 0.6) is 0 Å². The minimum atomic E-state index is -0.218. The van der Waals surface area contributed by atoms with Gasteiger partial charge in [-0.2, -0.15) is 5.10 Å². The summed E-state index contributed by atoms with van der Waals surface area (Å²) in [7, 11) is 0. The molecule has 2 aromatic heterocycles. The summed E-state index contributed by atoms with van der Waals surface area (Å²) in [5, 5.41) is 8.17. The van der Waals surface area contributed by atoms with Crippen LogP contribution in [0.15, 0.2) is 54.7 Å². The van der Waals surface area contributed by atoms with Crippen LogP contribution in [0.3, 0.4) is 0 Å². The van der Waals surface area contributed by atoms with Crippen molar-refractivity contribution in [3.63, 3.8) is 0 Å². The van der Waals surface area contributed by atoms with Gasteiger partial charge in [0, 0.05) is 23.5 Å². The number of halogens is 1. The molecule has 6 heteroatoms. The molecule has 0 atom stereocenters. The van der Waals surface area contributed by atoms with Gasteiger partial charge in [0.2, 0.25) is 0 Å². The van der Waals surface area contributed by atoms with Crippen LogP contribution in [0.25, 0.3) is 16.9 Å². The van der Waals surface area contributed by atoms with Crippen molar-refractivity contribution in [3.05, 3.63) is 82.1 Å². The van der Waals surface area contributed by atoms with E-state index in [1.165, 1.54) is 5.56 Å². The van der Waals surface area contributed by atoms with Crippen LogP contribution in [0, 0.1) is 20.8 Å². The molecule has 0 fully saturated rings. The quantitative estimate of drug-likeness (QED) is 0.521. The normalized spacial score (nSPS) is 11.0. The first-order chi connectivity index (χ1) is 13.4. The zero-order valence-corrected chi connectivity index (χ0v) is 16.6. The highest BCUT2D eigenvalue weighted by atomic mass is 35.5. The van der Waals surface area contributed by atoms with Crippen LogP contribution in [-0.4, -0.2) is 20.5 Å². The summed E-state index contributed by atoms with van der Waals surface area (Å²) in [5.74, 6) is -0.218. The number of amides is 1. The Hall–Kier alpha value is -3.18. The fourth-order valence-electron chi connectivity index (χ4n) is 3.09. The second kappa shape index (κ2) is 7.09. The molecule has 0 aliphatic rings. The van der Waals surface area contributed by atoms with Gasteiger partial charge in [-0.05, 0) is 50.1 Å². The number of benzene rings is 2. The second-order valence-corrected chi connectivity index (χ2v) is 7.20. The highest BCUT2D eigenvalue weighted by Crippen LogP contribution is 2.27. The van der Waals surface area contributed by atoms with E-state index in [0.29, 0.717) is 27.6 Å². The number of hydrogen-bond acceptors (Lipinski definition) is 3.